The van der Waals surface area contributed by atoms with E-state index in [-0.39, 0.29) is 18.3 Å². The van der Waals surface area contributed by atoms with Crippen molar-refractivity contribution in [3.05, 3.63) is 98.1 Å². The summed E-state index contributed by atoms with van der Waals surface area (Å²) in [5, 5.41) is 9.03. The Hall–Kier alpha value is -2.93. The normalized spacial score (nSPS) is 10.9. The summed E-state index contributed by atoms with van der Waals surface area (Å²) in [6.07, 6.45) is 0. The molecule has 0 unspecified atom stereocenters. The Morgan fingerprint density at radius 2 is 1.85 bits per heavy atom. The monoisotopic (exact) mass is 503 g/mol. The maximum Gasteiger partial charge on any atom is 0.291 e. The highest BCUT2D eigenvalue weighted by atomic mass is 35.5. The zero-order valence-electron chi connectivity index (χ0n) is 17.9. The largest absolute Gasteiger partial charge is 0.484 e. The first-order valence-electron chi connectivity index (χ1n) is 10.1. The minimum absolute atomic E-state index is 0.115. The molecule has 33 heavy (non-hydrogen) atoms. The van der Waals surface area contributed by atoms with E-state index >= 15 is 0 Å². The molecule has 0 saturated heterocycles. The second-order valence-electron chi connectivity index (χ2n) is 7.42. The third-order valence-corrected chi connectivity index (χ3v) is 5.76. The van der Waals surface area contributed by atoms with Crippen molar-refractivity contribution in [3.8, 4) is 5.75 Å². The van der Waals surface area contributed by atoms with Gasteiger partial charge in [0.15, 0.2) is 5.76 Å². The lowest BCUT2D eigenvalue weighted by molar-refractivity contribution is 0.0992. The van der Waals surface area contributed by atoms with Gasteiger partial charge in [0.2, 0.25) is 0 Å². The molecule has 0 atom stereocenters. The summed E-state index contributed by atoms with van der Waals surface area (Å²) in [5.74, 6) is 0.745. The van der Waals surface area contributed by atoms with Crippen LogP contribution in [0.4, 0.5) is 5.69 Å². The number of aryl methyl sites for hydroxylation is 1. The molecule has 0 radical (unpaired) electrons. The van der Waals surface area contributed by atoms with E-state index in [0.29, 0.717) is 44.5 Å². The minimum atomic E-state index is -0.376. The van der Waals surface area contributed by atoms with Gasteiger partial charge in [-0.2, -0.15) is 5.10 Å². The highest BCUT2D eigenvalue weighted by Crippen LogP contribution is 2.28. The van der Waals surface area contributed by atoms with Gasteiger partial charge in [0.25, 0.3) is 5.91 Å². The molecule has 4 aromatic rings. The first-order chi connectivity index (χ1) is 15.8. The van der Waals surface area contributed by atoms with Gasteiger partial charge in [0.1, 0.15) is 18.1 Å². The second kappa shape index (κ2) is 9.91. The molecule has 2 aromatic heterocycles. The van der Waals surface area contributed by atoms with Crippen LogP contribution in [0.2, 0.25) is 15.1 Å². The Balaban J connectivity index is 1.42. The van der Waals surface area contributed by atoms with Gasteiger partial charge < -0.3 is 14.5 Å². The number of carbonyl (C=O) groups excluding carboxylic acids is 1. The molecule has 1 N–H and O–H groups in total. The molecule has 6 nitrogen and oxygen atoms in total. The number of ether oxygens (including phenoxy) is 1. The van der Waals surface area contributed by atoms with E-state index in [1.165, 1.54) is 0 Å². The standard InChI is InChI=1S/C24H20Cl3N3O3/c1-14-23(15(2)30(29-14)12-16-4-3-5-17(25)10-16)28-24(31)22-9-7-19(33-22)13-32-21-8-6-18(26)11-20(21)27/h3-11H,12-13H2,1-2H3,(H,28,31). The Labute approximate surface area is 206 Å². The highest BCUT2D eigenvalue weighted by molar-refractivity contribution is 6.35. The number of furan rings is 1. The number of halogens is 3. The minimum Gasteiger partial charge on any atom is -0.484 e. The molecular formula is C24H20Cl3N3O3. The molecule has 0 spiro atoms. The summed E-state index contributed by atoms with van der Waals surface area (Å²) in [6.45, 7) is 4.40. The van der Waals surface area contributed by atoms with E-state index in [1.54, 1.807) is 30.3 Å². The van der Waals surface area contributed by atoms with Crippen LogP contribution in [0.15, 0.2) is 59.0 Å². The van der Waals surface area contributed by atoms with Crippen LogP contribution in [0.5, 0.6) is 5.75 Å². The molecule has 0 aliphatic rings. The fourth-order valence-electron chi connectivity index (χ4n) is 3.33. The lowest BCUT2D eigenvalue weighted by Gasteiger charge is -2.07. The lowest BCUT2D eigenvalue weighted by atomic mass is 10.2. The Morgan fingerprint density at radius 3 is 2.61 bits per heavy atom. The zero-order valence-corrected chi connectivity index (χ0v) is 20.1. The van der Waals surface area contributed by atoms with Crippen LogP contribution in [0.3, 0.4) is 0 Å². The number of hydrogen-bond donors (Lipinski definition) is 1. The van der Waals surface area contributed by atoms with Crippen LogP contribution in [0, 0.1) is 13.8 Å². The Bertz CT molecular complexity index is 1310. The van der Waals surface area contributed by atoms with Gasteiger partial charge in [0, 0.05) is 10.0 Å². The molecular weight excluding hydrogens is 485 g/mol. The average Bonchev–Trinajstić information content (AvgIpc) is 3.34. The van der Waals surface area contributed by atoms with Crippen molar-refractivity contribution in [2.24, 2.45) is 0 Å². The lowest BCUT2D eigenvalue weighted by Crippen LogP contribution is -2.12. The van der Waals surface area contributed by atoms with Crippen molar-refractivity contribution >= 4 is 46.4 Å². The summed E-state index contributed by atoms with van der Waals surface area (Å²) in [4.78, 5) is 12.8. The number of aromatic nitrogens is 2. The van der Waals surface area contributed by atoms with Crippen LogP contribution in [-0.2, 0) is 13.2 Å². The van der Waals surface area contributed by atoms with Gasteiger partial charge in [0.05, 0.1) is 28.6 Å². The first kappa shape index (κ1) is 23.2. The van der Waals surface area contributed by atoms with Crippen molar-refractivity contribution in [1.82, 2.24) is 9.78 Å². The van der Waals surface area contributed by atoms with E-state index in [1.807, 2.05) is 42.8 Å². The predicted molar refractivity (Wildman–Crippen MR) is 130 cm³/mol. The molecule has 2 heterocycles. The predicted octanol–water partition coefficient (Wildman–Crippen LogP) is 6.93. The van der Waals surface area contributed by atoms with Crippen molar-refractivity contribution in [1.29, 1.82) is 0 Å². The van der Waals surface area contributed by atoms with Gasteiger partial charge in [-0.3, -0.25) is 9.48 Å². The van der Waals surface area contributed by atoms with Crippen molar-refractivity contribution in [2.75, 3.05) is 5.32 Å². The molecule has 170 valence electrons. The maximum absolute atomic E-state index is 12.8. The van der Waals surface area contributed by atoms with Crippen molar-refractivity contribution in [3.63, 3.8) is 0 Å². The number of nitrogens with one attached hydrogen (secondary N) is 1. The molecule has 0 saturated carbocycles. The maximum atomic E-state index is 12.8. The zero-order chi connectivity index (χ0) is 23.5. The Kier molecular flexibility index (Phi) is 6.98. The number of amides is 1. The number of nitrogens with zero attached hydrogens (tertiary/aromatic N) is 2. The summed E-state index contributed by atoms with van der Waals surface area (Å²) in [5.41, 5.74) is 3.19. The van der Waals surface area contributed by atoms with Crippen molar-refractivity contribution < 1.29 is 13.9 Å². The molecule has 0 bridgehead atoms. The smallest absolute Gasteiger partial charge is 0.291 e. The molecule has 4 rings (SSSR count). The van der Waals surface area contributed by atoms with Crippen LogP contribution in [0.25, 0.3) is 0 Å². The highest BCUT2D eigenvalue weighted by Gasteiger charge is 2.18. The topological polar surface area (TPSA) is 69.3 Å². The molecule has 0 fully saturated rings. The first-order valence-corrected chi connectivity index (χ1v) is 11.2. The van der Waals surface area contributed by atoms with E-state index in [2.05, 4.69) is 10.4 Å². The average molecular weight is 505 g/mol. The number of anilines is 1. The fourth-order valence-corrected chi connectivity index (χ4v) is 4.01. The molecule has 1 amide bonds. The van der Waals surface area contributed by atoms with Crippen molar-refractivity contribution in [2.45, 2.75) is 27.0 Å². The number of carbonyl (C=O) groups is 1. The van der Waals surface area contributed by atoms with Gasteiger partial charge in [-0.15, -0.1) is 0 Å². The quantitative estimate of drug-likeness (QED) is 0.296. The number of rotatable bonds is 7. The fraction of sp³-hybridized carbons (Fsp3) is 0.167. The van der Waals surface area contributed by atoms with E-state index in [4.69, 9.17) is 44.0 Å². The Morgan fingerprint density at radius 1 is 1.06 bits per heavy atom. The van der Waals surface area contributed by atoms with Gasteiger partial charge in [-0.25, -0.2) is 0 Å². The van der Waals surface area contributed by atoms with E-state index in [9.17, 15) is 4.79 Å². The summed E-state index contributed by atoms with van der Waals surface area (Å²) >= 11 is 18.1. The summed E-state index contributed by atoms with van der Waals surface area (Å²) in [7, 11) is 0. The molecule has 9 heteroatoms. The van der Waals surface area contributed by atoms with Gasteiger partial charge >= 0.3 is 0 Å². The third-order valence-electron chi connectivity index (χ3n) is 4.99. The van der Waals surface area contributed by atoms with Crippen LogP contribution >= 0.6 is 34.8 Å². The second-order valence-corrected chi connectivity index (χ2v) is 8.70. The van der Waals surface area contributed by atoms with Gasteiger partial charge in [-0.05, 0) is 61.9 Å². The van der Waals surface area contributed by atoms with E-state index < -0.39 is 0 Å². The number of hydrogen-bond acceptors (Lipinski definition) is 4. The van der Waals surface area contributed by atoms with Crippen LogP contribution < -0.4 is 10.1 Å². The van der Waals surface area contributed by atoms with Crippen LogP contribution in [0.1, 0.15) is 33.3 Å². The third kappa shape index (κ3) is 5.53. The number of benzene rings is 2. The molecule has 0 aliphatic heterocycles. The SMILES string of the molecule is Cc1nn(Cc2cccc(Cl)c2)c(C)c1NC(=O)c1ccc(COc2ccc(Cl)cc2Cl)o1. The summed E-state index contributed by atoms with van der Waals surface area (Å²) in [6, 6.07) is 15.8. The van der Waals surface area contributed by atoms with E-state index in [0.717, 1.165) is 11.3 Å². The molecule has 2 aromatic carbocycles. The van der Waals surface area contributed by atoms with Crippen LogP contribution in [-0.4, -0.2) is 15.7 Å². The van der Waals surface area contributed by atoms with Gasteiger partial charge in [-0.1, -0.05) is 46.9 Å². The molecule has 0 aliphatic carbocycles. The summed E-state index contributed by atoms with van der Waals surface area (Å²) < 4.78 is 13.1.